The number of nitrogens with zero attached hydrogens (tertiary/aromatic N) is 1. The van der Waals surface area contributed by atoms with E-state index in [9.17, 15) is 0 Å². The Morgan fingerprint density at radius 1 is 1.00 bits per heavy atom. The Hall–Kier alpha value is -1.35. The van der Waals surface area contributed by atoms with Gasteiger partial charge in [-0.1, -0.05) is 60.3 Å². The summed E-state index contributed by atoms with van der Waals surface area (Å²) in [5, 5.41) is 1.16. The molecule has 146 valence electrons. The van der Waals surface area contributed by atoms with Gasteiger partial charge < -0.3 is 9.15 Å². The van der Waals surface area contributed by atoms with Crippen molar-refractivity contribution in [1.29, 1.82) is 0 Å². The fourth-order valence-electron chi connectivity index (χ4n) is 4.31. The van der Waals surface area contributed by atoms with Crippen molar-refractivity contribution in [2.24, 2.45) is 0 Å². The predicted octanol–water partition coefficient (Wildman–Crippen LogP) is 5.93. The third kappa shape index (κ3) is 3.51. The van der Waals surface area contributed by atoms with Gasteiger partial charge >= 0.3 is 0 Å². The van der Waals surface area contributed by atoms with Crippen molar-refractivity contribution < 1.29 is 9.15 Å². The molecule has 3 atom stereocenters. The minimum Gasteiger partial charge on any atom is -0.496 e. The largest absolute Gasteiger partial charge is 0.496 e. The van der Waals surface area contributed by atoms with Gasteiger partial charge in [-0.3, -0.25) is 4.90 Å². The lowest BCUT2D eigenvalue weighted by molar-refractivity contribution is 0.353. The van der Waals surface area contributed by atoms with Crippen molar-refractivity contribution in [2.75, 3.05) is 7.11 Å². The highest BCUT2D eigenvalue weighted by Crippen LogP contribution is 2.48. The second kappa shape index (κ2) is 7.82. The minimum absolute atomic E-state index is 0.0784. The van der Waals surface area contributed by atoms with Crippen molar-refractivity contribution in [3.8, 4) is 5.75 Å². The van der Waals surface area contributed by atoms with E-state index in [0.717, 1.165) is 27.0 Å². The summed E-state index contributed by atoms with van der Waals surface area (Å²) in [5.41, 5.74) is 3.48. The molecule has 28 heavy (non-hydrogen) atoms. The molecule has 0 N–H and O–H groups in total. The third-order valence-corrected chi connectivity index (χ3v) is 9.95. The highest BCUT2D eigenvalue weighted by atomic mass is 79.9. The van der Waals surface area contributed by atoms with Crippen molar-refractivity contribution in [3.05, 3.63) is 64.3 Å². The number of methoxy groups -OCH3 is 1. The van der Waals surface area contributed by atoms with Crippen LogP contribution in [0.25, 0.3) is 11.0 Å². The molecule has 1 aliphatic rings. The highest BCUT2D eigenvalue weighted by molar-refractivity contribution is 9.10. The number of rotatable bonds is 6. The summed E-state index contributed by atoms with van der Waals surface area (Å²) in [4.78, 5) is 2.70. The molecule has 0 saturated carbocycles. The summed E-state index contributed by atoms with van der Waals surface area (Å²) in [5.74, 6) is 1.93. The summed E-state index contributed by atoms with van der Waals surface area (Å²) in [6.45, 7) is 9.73. The van der Waals surface area contributed by atoms with Crippen LogP contribution in [0.5, 0.6) is 5.75 Å². The van der Waals surface area contributed by atoms with E-state index in [1.54, 1.807) is 7.11 Å². The van der Waals surface area contributed by atoms with Crippen molar-refractivity contribution in [2.45, 2.75) is 43.6 Å². The van der Waals surface area contributed by atoms with Gasteiger partial charge in [0.1, 0.15) is 17.1 Å². The topological polar surface area (TPSA) is 25.4 Å². The van der Waals surface area contributed by atoms with Gasteiger partial charge in [-0.25, -0.2) is 0 Å². The molecule has 0 spiro atoms. The van der Waals surface area contributed by atoms with E-state index in [-0.39, 0.29) is 6.04 Å². The number of hydrogen-bond acceptors (Lipinski definition) is 3. The molecular weight excluding hydrogens is 446 g/mol. The van der Waals surface area contributed by atoms with Crippen LogP contribution in [-0.2, 0) is 0 Å². The van der Waals surface area contributed by atoms with Crippen molar-refractivity contribution >= 4 is 44.5 Å². The van der Waals surface area contributed by atoms with Crippen LogP contribution < -0.4 is 4.74 Å². The molecule has 6 heteroatoms. The van der Waals surface area contributed by atoms with Gasteiger partial charge in [0.05, 0.1) is 30.7 Å². The fourth-order valence-corrected chi connectivity index (χ4v) is 10.1. The molecule has 1 aromatic heterocycles. The molecule has 2 radical (unpaired) electrons. The Morgan fingerprint density at radius 2 is 1.68 bits per heavy atom. The van der Waals surface area contributed by atoms with Gasteiger partial charge in [0.2, 0.25) is 0 Å². The van der Waals surface area contributed by atoms with Crippen LogP contribution in [0.15, 0.2) is 57.4 Å². The summed E-state index contributed by atoms with van der Waals surface area (Å²) in [7, 11) is 0.869. The lowest BCUT2D eigenvalue weighted by Gasteiger charge is -2.22. The number of para-hydroxylation sites is 1. The quantitative estimate of drug-likeness (QED) is 0.328. The first-order valence-electron chi connectivity index (χ1n) is 9.61. The lowest BCUT2D eigenvalue weighted by atomic mass is 10.0. The zero-order chi connectivity index (χ0) is 20.0. The van der Waals surface area contributed by atoms with E-state index in [1.165, 1.54) is 5.56 Å². The SMILES string of the molecule is COc1ccc(Br)cc1C(c1cc2ccccc2o1)N1C([Si](C)C)C1[Si](C)C. The molecule has 1 saturated heterocycles. The molecule has 3 unspecified atom stereocenters. The highest BCUT2D eigenvalue weighted by Gasteiger charge is 2.56. The van der Waals surface area contributed by atoms with Crippen LogP contribution in [-0.4, -0.2) is 40.9 Å². The molecule has 1 fully saturated rings. The molecule has 0 amide bonds. The van der Waals surface area contributed by atoms with Crippen LogP contribution in [0.1, 0.15) is 17.4 Å². The summed E-state index contributed by atoms with van der Waals surface area (Å²) in [6.07, 6.45) is 0. The number of fused-ring (bicyclic) bond motifs is 1. The summed E-state index contributed by atoms with van der Waals surface area (Å²) in [6, 6.07) is 16.8. The number of ether oxygens (including phenoxy) is 1. The van der Waals surface area contributed by atoms with Gasteiger partial charge in [-0.05, 0) is 30.3 Å². The van der Waals surface area contributed by atoms with E-state index in [1.807, 2.05) is 12.1 Å². The van der Waals surface area contributed by atoms with E-state index < -0.39 is 17.6 Å². The van der Waals surface area contributed by atoms with Gasteiger partial charge in [-0.15, -0.1) is 0 Å². The molecule has 0 aliphatic carbocycles. The van der Waals surface area contributed by atoms with Crippen LogP contribution in [0.4, 0.5) is 0 Å². The number of benzene rings is 2. The lowest BCUT2D eigenvalue weighted by Crippen LogP contribution is -2.21. The maximum absolute atomic E-state index is 6.39. The molecule has 4 rings (SSSR count). The zero-order valence-corrected chi connectivity index (χ0v) is 20.6. The van der Waals surface area contributed by atoms with Gasteiger partial charge in [0, 0.05) is 26.8 Å². The van der Waals surface area contributed by atoms with Gasteiger partial charge in [0.15, 0.2) is 0 Å². The molecule has 2 heterocycles. The zero-order valence-electron chi connectivity index (χ0n) is 17.0. The number of hydrogen-bond donors (Lipinski definition) is 0. The average molecular weight is 473 g/mol. The van der Waals surface area contributed by atoms with Crippen LogP contribution in [0.3, 0.4) is 0 Å². The third-order valence-electron chi connectivity index (χ3n) is 5.53. The van der Waals surface area contributed by atoms with Crippen molar-refractivity contribution in [1.82, 2.24) is 4.90 Å². The van der Waals surface area contributed by atoms with E-state index in [2.05, 4.69) is 83.4 Å². The normalized spacial score (nSPS) is 22.8. The van der Waals surface area contributed by atoms with Crippen LogP contribution >= 0.6 is 15.9 Å². The Labute approximate surface area is 179 Å². The Kier molecular flexibility index (Phi) is 5.57. The predicted molar refractivity (Wildman–Crippen MR) is 123 cm³/mol. The number of halogens is 1. The van der Waals surface area contributed by atoms with Crippen LogP contribution in [0, 0.1) is 0 Å². The molecule has 1 aliphatic heterocycles. The summed E-state index contributed by atoms with van der Waals surface area (Å²) >= 11 is 3.67. The number of furan rings is 1. The Morgan fingerprint density at radius 3 is 2.29 bits per heavy atom. The van der Waals surface area contributed by atoms with Crippen molar-refractivity contribution in [3.63, 3.8) is 0 Å². The first-order chi connectivity index (χ1) is 13.4. The van der Waals surface area contributed by atoms with E-state index in [4.69, 9.17) is 9.15 Å². The first kappa shape index (κ1) is 19.9. The summed E-state index contributed by atoms with van der Waals surface area (Å²) < 4.78 is 13.2. The smallest absolute Gasteiger partial charge is 0.134 e. The molecule has 3 aromatic rings. The standard InChI is InChI=1S/C22H26BrNO2Si2/c1-25-18-11-10-15(23)13-16(18)20(24-21(27(2)3)22(24)28(4)5)19-12-14-8-6-7-9-17(14)26-19/h6-13,20-22H,1-5H3. The molecule has 3 nitrogen and oxygen atoms in total. The Bertz CT molecular complexity index is 941. The second-order valence-electron chi connectivity index (χ2n) is 7.97. The maximum atomic E-state index is 6.39. The molecule has 2 aromatic carbocycles. The Balaban J connectivity index is 1.88. The maximum Gasteiger partial charge on any atom is 0.134 e. The fraction of sp³-hybridized carbons (Fsp3) is 0.364. The van der Waals surface area contributed by atoms with E-state index in [0.29, 0.717) is 11.3 Å². The molecular formula is C22H26BrNO2Si2. The average Bonchev–Trinajstić information content (AvgIpc) is 3.25. The minimum atomic E-state index is -0.442. The second-order valence-corrected chi connectivity index (χ2v) is 14.4. The monoisotopic (exact) mass is 471 g/mol. The van der Waals surface area contributed by atoms with E-state index >= 15 is 0 Å². The first-order valence-corrected chi connectivity index (χ1v) is 15.6. The van der Waals surface area contributed by atoms with Crippen LogP contribution in [0.2, 0.25) is 26.2 Å². The molecule has 0 bridgehead atoms. The van der Waals surface area contributed by atoms with Gasteiger partial charge in [0.25, 0.3) is 0 Å². The van der Waals surface area contributed by atoms with Gasteiger partial charge in [-0.2, -0.15) is 0 Å².